The fourth-order valence-electron chi connectivity index (χ4n) is 1.17. The molecule has 0 amide bonds. The maximum Gasteiger partial charge on any atom is 0.150 e. The van der Waals surface area contributed by atoms with Crippen molar-refractivity contribution in [2.45, 2.75) is 0 Å². The Balaban J connectivity index is 2.95. The zero-order valence-corrected chi connectivity index (χ0v) is 9.79. The summed E-state index contributed by atoms with van der Waals surface area (Å²) in [6, 6.07) is 2.83. The summed E-state index contributed by atoms with van der Waals surface area (Å²) in [6.07, 6.45) is 1.39. The number of hydrogen-bond donors (Lipinski definition) is 0. The molecule has 0 aliphatic rings. The van der Waals surface area contributed by atoms with Crippen molar-refractivity contribution in [3.63, 3.8) is 0 Å². The van der Waals surface area contributed by atoms with Gasteiger partial charge in [-0.15, -0.1) is 0 Å². The van der Waals surface area contributed by atoms with E-state index in [0.717, 1.165) is 0 Å². The predicted molar refractivity (Wildman–Crippen MR) is 59.4 cm³/mol. The van der Waals surface area contributed by atoms with E-state index in [0.29, 0.717) is 19.9 Å². The van der Waals surface area contributed by atoms with E-state index in [-0.39, 0.29) is 5.52 Å². The molecule has 0 atom stereocenters. The highest BCUT2D eigenvalue weighted by Gasteiger charge is 2.09. The Hall–Kier alpha value is -0.380. The first-order chi connectivity index (χ1) is 6.59. The number of nitrogens with zero attached hydrogens (tertiary/aromatic N) is 1. The van der Waals surface area contributed by atoms with Crippen molar-refractivity contribution in [3.05, 3.63) is 38.7 Å². The summed E-state index contributed by atoms with van der Waals surface area (Å²) in [7, 11) is 0. The van der Waals surface area contributed by atoms with Crippen molar-refractivity contribution in [1.29, 1.82) is 0 Å². The molecule has 0 radical (unpaired) electrons. The molecule has 0 aliphatic carbocycles. The minimum Gasteiger partial charge on any atom is -0.252 e. The third-order valence-corrected chi connectivity index (χ3v) is 3.37. The molecule has 0 bridgehead atoms. The Labute approximate surface area is 98.0 Å². The van der Waals surface area contributed by atoms with Crippen LogP contribution in [-0.4, -0.2) is 4.98 Å². The molecule has 0 saturated heterocycles. The highest BCUT2D eigenvalue weighted by molar-refractivity contribution is 9.10. The van der Waals surface area contributed by atoms with Gasteiger partial charge in [0.1, 0.15) is 5.52 Å². The van der Waals surface area contributed by atoms with Gasteiger partial charge in [0.25, 0.3) is 0 Å². The van der Waals surface area contributed by atoms with Crippen LogP contribution in [0.3, 0.4) is 0 Å². The summed E-state index contributed by atoms with van der Waals surface area (Å²) in [6.45, 7) is 0. The maximum atomic E-state index is 13.3. The van der Waals surface area contributed by atoms with Gasteiger partial charge in [0.05, 0.1) is 5.02 Å². The van der Waals surface area contributed by atoms with Gasteiger partial charge in [0, 0.05) is 21.1 Å². The van der Waals surface area contributed by atoms with Crippen LogP contribution in [0.2, 0.25) is 10.0 Å². The van der Waals surface area contributed by atoms with Crippen molar-refractivity contribution in [2.75, 3.05) is 0 Å². The molecule has 0 fully saturated rings. The second-order valence-electron chi connectivity index (χ2n) is 2.70. The number of aromatic nitrogens is 1. The number of fused-ring (bicyclic) bond motifs is 1. The van der Waals surface area contributed by atoms with E-state index in [1.54, 1.807) is 6.07 Å². The van der Waals surface area contributed by atoms with E-state index in [9.17, 15) is 4.39 Å². The van der Waals surface area contributed by atoms with Crippen LogP contribution in [0, 0.1) is 5.82 Å². The lowest BCUT2D eigenvalue weighted by Gasteiger charge is -2.03. The molecule has 0 aliphatic heterocycles. The minimum atomic E-state index is -0.454. The second kappa shape index (κ2) is 3.65. The van der Waals surface area contributed by atoms with Gasteiger partial charge < -0.3 is 0 Å². The summed E-state index contributed by atoms with van der Waals surface area (Å²) in [5.41, 5.74) is 0.255. The lowest BCUT2D eigenvalue weighted by atomic mass is 10.2. The van der Waals surface area contributed by atoms with Crippen molar-refractivity contribution < 1.29 is 4.39 Å². The quantitative estimate of drug-likeness (QED) is 0.700. The third kappa shape index (κ3) is 1.60. The average Bonchev–Trinajstić information content (AvgIpc) is 2.12. The molecule has 1 heterocycles. The van der Waals surface area contributed by atoms with E-state index in [4.69, 9.17) is 23.2 Å². The highest BCUT2D eigenvalue weighted by Crippen LogP contribution is 2.32. The molecule has 5 heteroatoms. The van der Waals surface area contributed by atoms with Crippen LogP contribution in [0.5, 0.6) is 0 Å². The van der Waals surface area contributed by atoms with Crippen LogP contribution in [0.15, 0.2) is 22.8 Å². The first-order valence-electron chi connectivity index (χ1n) is 3.68. The van der Waals surface area contributed by atoms with Crippen LogP contribution < -0.4 is 0 Å². The zero-order chi connectivity index (χ0) is 10.3. The molecule has 14 heavy (non-hydrogen) atoms. The highest BCUT2D eigenvalue weighted by atomic mass is 79.9. The monoisotopic (exact) mass is 293 g/mol. The molecule has 72 valence electrons. The Kier molecular flexibility index (Phi) is 2.64. The van der Waals surface area contributed by atoms with E-state index in [1.165, 1.54) is 12.3 Å². The van der Waals surface area contributed by atoms with Crippen LogP contribution in [-0.2, 0) is 0 Å². The third-order valence-electron chi connectivity index (χ3n) is 1.78. The molecule has 2 aromatic rings. The van der Waals surface area contributed by atoms with E-state index >= 15 is 0 Å². The van der Waals surface area contributed by atoms with Gasteiger partial charge in [0.2, 0.25) is 0 Å². The van der Waals surface area contributed by atoms with Crippen LogP contribution in [0.1, 0.15) is 0 Å². The lowest BCUT2D eigenvalue weighted by Crippen LogP contribution is -1.86. The largest absolute Gasteiger partial charge is 0.252 e. The van der Waals surface area contributed by atoms with Gasteiger partial charge >= 0.3 is 0 Å². The molecular formula is C9H3BrCl2FN. The molecule has 2 rings (SSSR count). The minimum absolute atomic E-state index is 0.255. The fourth-order valence-corrected chi connectivity index (χ4v) is 1.93. The maximum absolute atomic E-state index is 13.3. The van der Waals surface area contributed by atoms with Gasteiger partial charge in [0.15, 0.2) is 5.82 Å². The van der Waals surface area contributed by atoms with Crippen LogP contribution in [0.25, 0.3) is 10.9 Å². The van der Waals surface area contributed by atoms with Crippen molar-refractivity contribution in [3.8, 4) is 0 Å². The summed E-state index contributed by atoms with van der Waals surface area (Å²) >= 11 is 14.8. The van der Waals surface area contributed by atoms with Gasteiger partial charge in [-0.1, -0.05) is 23.2 Å². The number of halogens is 4. The Morgan fingerprint density at radius 2 is 2.00 bits per heavy atom. The van der Waals surface area contributed by atoms with E-state index in [1.807, 2.05) is 0 Å². The summed E-state index contributed by atoms with van der Waals surface area (Å²) in [5.74, 6) is -0.454. The molecule has 0 unspecified atom stereocenters. The molecule has 1 nitrogen and oxygen atoms in total. The standard InChI is InChI=1S/C9H3BrCl2FN/c10-8-5-1-4(11)2-7(13)9(5)14-3-6(8)12/h1-3H. The molecule has 0 saturated carbocycles. The number of benzene rings is 1. The summed E-state index contributed by atoms with van der Waals surface area (Å²) in [4.78, 5) is 3.89. The topological polar surface area (TPSA) is 12.9 Å². The molecule has 1 aromatic heterocycles. The second-order valence-corrected chi connectivity index (χ2v) is 4.34. The normalized spacial score (nSPS) is 10.9. The summed E-state index contributed by atoms with van der Waals surface area (Å²) < 4.78 is 14.0. The van der Waals surface area contributed by atoms with Crippen LogP contribution >= 0.6 is 39.1 Å². The first-order valence-corrected chi connectivity index (χ1v) is 5.23. The van der Waals surface area contributed by atoms with Gasteiger partial charge in [-0.2, -0.15) is 0 Å². The van der Waals surface area contributed by atoms with Crippen molar-refractivity contribution in [2.24, 2.45) is 0 Å². The first kappa shape index (κ1) is 10.1. The Morgan fingerprint density at radius 1 is 1.29 bits per heavy atom. The molecule has 1 aromatic carbocycles. The smallest absolute Gasteiger partial charge is 0.150 e. The molecule has 0 spiro atoms. The zero-order valence-electron chi connectivity index (χ0n) is 6.69. The van der Waals surface area contributed by atoms with Crippen molar-refractivity contribution >= 4 is 50.0 Å². The molecule has 0 N–H and O–H groups in total. The Morgan fingerprint density at radius 3 is 2.71 bits per heavy atom. The lowest BCUT2D eigenvalue weighted by molar-refractivity contribution is 0.637. The summed E-state index contributed by atoms with van der Waals surface area (Å²) in [5, 5.41) is 1.32. The fraction of sp³-hybridized carbons (Fsp3) is 0. The number of hydrogen-bond acceptors (Lipinski definition) is 1. The average molecular weight is 295 g/mol. The predicted octanol–water partition coefficient (Wildman–Crippen LogP) is 4.44. The van der Waals surface area contributed by atoms with Crippen LogP contribution in [0.4, 0.5) is 4.39 Å². The van der Waals surface area contributed by atoms with Gasteiger partial charge in [-0.05, 0) is 28.1 Å². The van der Waals surface area contributed by atoms with E-state index in [2.05, 4.69) is 20.9 Å². The van der Waals surface area contributed by atoms with Gasteiger partial charge in [-0.3, -0.25) is 4.98 Å². The SMILES string of the molecule is Fc1cc(Cl)cc2c(Br)c(Cl)cnc12. The van der Waals surface area contributed by atoms with Crippen molar-refractivity contribution in [1.82, 2.24) is 4.98 Å². The number of pyridine rings is 1. The Bertz CT molecular complexity index is 516. The van der Waals surface area contributed by atoms with Gasteiger partial charge in [-0.25, -0.2) is 4.39 Å². The van der Waals surface area contributed by atoms with E-state index < -0.39 is 5.82 Å². The molecular weight excluding hydrogens is 292 g/mol. The number of rotatable bonds is 0.